The van der Waals surface area contributed by atoms with Crippen molar-refractivity contribution in [2.45, 2.75) is 19.4 Å². The molecule has 1 heterocycles. The summed E-state index contributed by atoms with van der Waals surface area (Å²) in [5.41, 5.74) is -0.317. The first-order valence-corrected chi connectivity index (χ1v) is 7.12. The van der Waals surface area contributed by atoms with Crippen LogP contribution >= 0.6 is 23.2 Å². The van der Waals surface area contributed by atoms with E-state index in [0.29, 0.717) is 35.6 Å². The molecule has 1 aromatic rings. The van der Waals surface area contributed by atoms with Gasteiger partial charge in [0.2, 0.25) is 0 Å². The molecule has 6 heteroatoms. The lowest BCUT2D eigenvalue weighted by Gasteiger charge is -2.42. The largest absolute Gasteiger partial charge is 0.482 e. The van der Waals surface area contributed by atoms with Crippen LogP contribution in [0.1, 0.15) is 13.8 Å². The molecule has 1 saturated heterocycles. The molecule has 0 saturated carbocycles. The van der Waals surface area contributed by atoms with Gasteiger partial charge in [0.25, 0.3) is 5.91 Å². The van der Waals surface area contributed by atoms with E-state index in [2.05, 4.69) is 0 Å². The zero-order valence-corrected chi connectivity index (χ0v) is 13.0. The highest BCUT2D eigenvalue weighted by atomic mass is 35.5. The minimum absolute atomic E-state index is 0.0508. The number of hydrogen-bond donors (Lipinski definition) is 0. The van der Waals surface area contributed by atoms with Gasteiger partial charge in [-0.05, 0) is 32.0 Å². The molecule has 1 aliphatic heterocycles. The first-order valence-electron chi connectivity index (χ1n) is 6.36. The van der Waals surface area contributed by atoms with Gasteiger partial charge in [0.1, 0.15) is 5.75 Å². The summed E-state index contributed by atoms with van der Waals surface area (Å²) in [7, 11) is 0. The van der Waals surface area contributed by atoms with Crippen molar-refractivity contribution in [3.05, 3.63) is 28.2 Å². The number of nitrogens with zero attached hydrogens (tertiary/aromatic N) is 1. The molecule has 0 spiro atoms. The molecule has 0 atom stereocenters. The van der Waals surface area contributed by atoms with Crippen LogP contribution < -0.4 is 4.74 Å². The van der Waals surface area contributed by atoms with Crippen LogP contribution in [0.3, 0.4) is 0 Å². The third kappa shape index (κ3) is 3.57. The van der Waals surface area contributed by atoms with Gasteiger partial charge in [-0.1, -0.05) is 23.2 Å². The highest BCUT2D eigenvalue weighted by Crippen LogP contribution is 2.27. The zero-order valence-electron chi connectivity index (χ0n) is 11.5. The summed E-state index contributed by atoms with van der Waals surface area (Å²) in [5.74, 6) is 0.375. The van der Waals surface area contributed by atoms with Crippen LogP contribution in [-0.4, -0.2) is 42.7 Å². The standard InChI is InChI=1S/C14H17Cl2NO3/c1-14(2)9-19-6-5-17(14)13(18)8-20-12-4-3-10(15)7-11(12)16/h3-4,7H,5-6,8-9H2,1-2H3. The Bertz CT molecular complexity index is 505. The van der Waals surface area contributed by atoms with Crippen molar-refractivity contribution in [3.8, 4) is 5.75 Å². The molecule has 0 unspecified atom stereocenters. The molecule has 1 fully saturated rings. The summed E-state index contributed by atoms with van der Waals surface area (Å²) in [6.45, 7) is 5.55. The van der Waals surface area contributed by atoms with Crippen LogP contribution in [0.5, 0.6) is 5.75 Å². The normalized spacial score (nSPS) is 17.9. The van der Waals surface area contributed by atoms with Gasteiger partial charge in [-0.2, -0.15) is 0 Å². The fraction of sp³-hybridized carbons (Fsp3) is 0.500. The van der Waals surface area contributed by atoms with E-state index in [0.717, 1.165) is 0 Å². The number of morpholine rings is 1. The second-order valence-corrected chi connectivity index (χ2v) is 6.12. The van der Waals surface area contributed by atoms with E-state index in [4.69, 9.17) is 32.7 Å². The molecular formula is C14H17Cl2NO3. The zero-order chi connectivity index (χ0) is 14.8. The molecule has 0 aliphatic carbocycles. The lowest BCUT2D eigenvalue weighted by atomic mass is 10.0. The molecule has 0 radical (unpaired) electrons. The third-order valence-corrected chi connectivity index (χ3v) is 3.72. The maximum atomic E-state index is 12.2. The van der Waals surface area contributed by atoms with Crippen LogP contribution in [0.4, 0.5) is 0 Å². The predicted octanol–water partition coefficient (Wildman–Crippen LogP) is 3.01. The lowest BCUT2D eigenvalue weighted by molar-refractivity contribution is -0.148. The predicted molar refractivity (Wildman–Crippen MR) is 78.6 cm³/mol. The van der Waals surface area contributed by atoms with Crippen molar-refractivity contribution in [1.82, 2.24) is 4.90 Å². The van der Waals surface area contributed by atoms with Gasteiger partial charge in [0, 0.05) is 11.6 Å². The first kappa shape index (κ1) is 15.4. The summed E-state index contributed by atoms with van der Waals surface area (Å²) >= 11 is 11.8. The van der Waals surface area contributed by atoms with Gasteiger partial charge in [0.15, 0.2) is 6.61 Å². The summed E-state index contributed by atoms with van der Waals surface area (Å²) < 4.78 is 10.9. The number of rotatable bonds is 3. The second kappa shape index (κ2) is 6.20. The molecule has 1 amide bonds. The third-order valence-electron chi connectivity index (χ3n) is 3.19. The summed E-state index contributed by atoms with van der Waals surface area (Å²) in [6.07, 6.45) is 0. The van der Waals surface area contributed by atoms with E-state index >= 15 is 0 Å². The molecule has 1 aliphatic rings. The Morgan fingerprint density at radius 2 is 2.20 bits per heavy atom. The first-order chi connectivity index (χ1) is 9.40. The number of carbonyl (C=O) groups excluding carboxylic acids is 1. The van der Waals surface area contributed by atoms with Crippen molar-refractivity contribution < 1.29 is 14.3 Å². The van der Waals surface area contributed by atoms with Crippen LogP contribution in [0.25, 0.3) is 0 Å². The molecular weight excluding hydrogens is 301 g/mol. The van der Waals surface area contributed by atoms with Crippen molar-refractivity contribution in [2.75, 3.05) is 26.4 Å². The number of benzene rings is 1. The highest BCUT2D eigenvalue weighted by molar-refractivity contribution is 6.35. The van der Waals surface area contributed by atoms with Crippen LogP contribution in [-0.2, 0) is 9.53 Å². The second-order valence-electron chi connectivity index (χ2n) is 5.27. The molecule has 20 heavy (non-hydrogen) atoms. The Hall–Kier alpha value is -0.970. The van der Waals surface area contributed by atoms with Crippen molar-refractivity contribution >= 4 is 29.1 Å². The topological polar surface area (TPSA) is 38.8 Å². The monoisotopic (exact) mass is 317 g/mol. The van der Waals surface area contributed by atoms with E-state index in [1.807, 2.05) is 13.8 Å². The fourth-order valence-electron chi connectivity index (χ4n) is 2.13. The molecule has 110 valence electrons. The minimum atomic E-state index is -0.317. The van der Waals surface area contributed by atoms with Crippen LogP contribution in [0, 0.1) is 0 Å². The number of carbonyl (C=O) groups is 1. The Morgan fingerprint density at radius 3 is 2.85 bits per heavy atom. The molecule has 4 nitrogen and oxygen atoms in total. The highest BCUT2D eigenvalue weighted by Gasteiger charge is 2.34. The molecule has 1 aromatic carbocycles. The molecule has 0 aromatic heterocycles. The maximum Gasteiger partial charge on any atom is 0.261 e. The average Bonchev–Trinajstić information content (AvgIpc) is 2.37. The Balaban J connectivity index is 1.98. The molecule has 0 N–H and O–H groups in total. The van der Waals surface area contributed by atoms with Crippen LogP contribution in [0.2, 0.25) is 10.0 Å². The summed E-state index contributed by atoms with van der Waals surface area (Å²) in [5, 5.41) is 0.925. The van der Waals surface area contributed by atoms with Gasteiger partial charge >= 0.3 is 0 Å². The van der Waals surface area contributed by atoms with Crippen molar-refractivity contribution in [1.29, 1.82) is 0 Å². The van der Waals surface area contributed by atoms with Gasteiger partial charge in [-0.25, -0.2) is 0 Å². The van der Waals surface area contributed by atoms with E-state index in [-0.39, 0.29) is 18.1 Å². The van der Waals surface area contributed by atoms with Gasteiger partial charge in [-0.3, -0.25) is 4.79 Å². The van der Waals surface area contributed by atoms with E-state index in [9.17, 15) is 4.79 Å². The van der Waals surface area contributed by atoms with Crippen molar-refractivity contribution in [2.24, 2.45) is 0 Å². The molecule has 2 rings (SSSR count). The number of hydrogen-bond acceptors (Lipinski definition) is 3. The quantitative estimate of drug-likeness (QED) is 0.860. The number of ether oxygens (including phenoxy) is 2. The lowest BCUT2D eigenvalue weighted by Crippen LogP contribution is -2.56. The smallest absolute Gasteiger partial charge is 0.261 e. The van der Waals surface area contributed by atoms with Crippen molar-refractivity contribution in [3.63, 3.8) is 0 Å². The SMILES string of the molecule is CC1(C)COCCN1C(=O)COc1ccc(Cl)cc1Cl. The van der Waals surface area contributed by atoms with Gasteiger partial charge < -0.3 is 14.4 Å². The Morgan fingerprint density at radius 1 is 1.45 bits per heavy atom. The Kier molecular flexibility index (Phi) is 4.78. The van der Waals surface area contributed by atoms with Crippen LogP contribution in [0.15, 0.2) is 18.2 Å². The van der Waals surface area contributed by atoms with E-state index in [1.165, 1.54) is 0 Å². The van der Waals surface area contributed by atoms with Gasteiger partial charge in [-0.15, -0.1) is 0 Å². The Labute approximate surface area is 128 Å². The number of halogens is 2. The van der Waals surface area contributed by atoms with E-state index < -0.39 is 0 Å². The maximum absolute atomic E-state index is 12.2. The number of amides is 1. The van der Waals surface area contributed by atoms with E-state index in [1.54, 1.807) is 23.1 Å². The van der Waals surface area contributed by atoms with Gasteiger partial charge in [0.05, 0.1) is 23.8 Å². The minimum Gasteiger partial charge on any atom is -0.482 e. The average molecular weight is 318 g/mol. The summed E-state index contributed by atoms with van der Waals surface area (Å²) in [6, 6.07) is 4.91. The fourth-order valence-corrected chi connectivity index (χ4v) is 2.59. The summed E-state index contributed by atoms with van der Waals surface area (Å²) in [4.78, 5) is 14.0. The molecule has 0 bridgehead atoms.